The molecule has 0 saturated carbocycles. The van der Waals surface area contributed by atoms with Crippen LogP contribution in [0.15, 0.2) is 29.4 Å². The van der Waals surface area contributed by atoms with Gasteiger partial charge in [0.1, 0.15) is 16.5 Å². The van der Waals surface area contributed by atoms with Crippen LogP contribution >= 0.6 is 0 Å². The molecule has 1 fully saturated rings. The van der Waals surface area contributed by atoms with Crippen molar-refractivity contribution in [3.05, 3.63) is 47.3 Å². The zero-order chi connectivity index (χ0) is 18.4. The lowest BCUT2D eigenvalue weighted by Crippen LogP contribution is -2.30. The fourth-order valence-electron chi connectivity index (χ4n) is 3.19. The minimum atomic E-state index is -4.13. The first-order valence-electron chi connectivity index (χ1n) is 7.79. The second-order valence-corrected chi connectivity index (χ2v) is 8.26. The van der Waals surface area contributed by atoms with Crippen molar-refractivity contribution in [2.24, 2.45) is 13.0 Å². The Bertz CT molecular complexity index is 898. The molecule has 3 rings (SSSR count). The maximum atomic E-state index is 14.1. The van der Waals surface area contributed by atoms with Crippen LogP contribution in [0.2, 0.25) is 0 Å². The lowest BCUT2D eigenvalue weighted by Gasteiger charge is -2.17. The largest absolute Gasteiger partial charge is 0.396 e. The van der Waals surface area contributed by atoms with Gasteiger partial charge < -0.3 is 5.11 Å². The summed E-state index contributed by atoms with van der Waals surface area (Å²) in [6, 6.07) is 1.59. The van der Waals surface area contributed by atoms with Crippen LogP contribution in [-0.2, 0) is 17.1 Å². The highest BCUT2D eigenvalue weighted by Gasteiger charge is 2.41. The Kier molecular flexibility index (Phi) is 4.65. The lowest BCUT2D eigenvalue weighted by molar-refractivity contribution is 0.223. The van der Waals surface area contributed by atoms with E-state index in [-0.39, 0.29) is 37.1 Å². The van der Waals surface area contributed by atoms with Crippen LogP contribution in [0.1, 0.15) is 17.0 Å². The van der Waals surface area contributed by atoms with E-state index in [9.17, 15) is 22.3 Å². The number of aryl methyl sites for hydroxylation is 2. The number of benzene rings is 1. The summed E-state index contributed by atoms with van der Waals surface area (Å²) in [6.45, 7) is 1.35. The smallest absolute Gasteiger partial charge is 0.246 e. The molecule has 2 atom stereocenters. The van der Waals surface area contributed by atoms with Gasteiger partial charge >= 0.3 is 0 Å². The Morgan fingerprint density at radius 2 is 2.00 bits per heavy atom. The molecule has 1 N–H and O–H groups in total. The number of aliphatic hydroxyl groups is 1. The molecule has 0 amide bonds. The first-order chi connectivity index (χ1) is 11.7. The summed E-state index contributed by atoms with van der Waals surface area (Å²) in [5.41, 5.74) is 0.872. The molecule has 25 heavy (non-hydrogen) atoms. The fraction of sp³-hybridized carbons (Fsp3) is 0.438. The van der Waals surface area contributed by atoms with E-state index in [0.29, 0.717) is 6.07 Å². The standard InChI is InChI=1S/C16H19F2N3O3S/c1-10-3-16(15(18)4-14(10)17)25(23,24)21-7-12(9-22)13(8-21)11-5-19-20(2)6-11/h3-6,12-13,22H,7-9H2,1-2H3/t12-,13-/m0/s1. The van der Waals surface area contributed by atoms with E-state index >= 15 is 0 Å². The van der Waals surface area contributed by atoms with Gasteiger partial charge in [0.2, 0.25) is 10.0 Å². The molecule has 1 saturated heterocycles. The van der Waals surface area contributed by atoms with E-state index in [2.05, 4.69) is 5.10 Å². The average Bonchev–Trinajstić information content (AvgIpc) is 3.16. The predicted molar refractivity (Wildman–Crippen MR) is 86.4 cm³/mol. The van der Waals surface area contributed by atoms with Crippen LogP contribution in [0.4, 0.5) is 8.78 Å². The Labute approximate surface area is 144 Å². The summed E-state index contributed by atoms with van der Waals surface area (Å²) in [5, 5.41) is 13.7. The molecule has 9 heteroatoms. The van der Waals surface area contributed by atoms with Crippen LogP contribution in [0.5, 0.6) is 0 Å². The number of hydrogen-bond donors (Lipinski definition) is 1. The van der Waals surface area contributed by atoms with Gasteiger partial charge in [0.15, 0.2) is 0 Å². The second kappa shape index (κ2) is 6.47. The normalized spacial score (nSPS) is 21.8. The van der Waals surface area contributed by atoms with Crippen molar-refractivity contribution in [3.8, 4) is 0 Å². The van der Waals surface area contributed by atoms with Crippen molar-refractivity contribution in [2.45, 2.75) is 17.7 Å². The number of aliphatic hydroxyl groups excluding tert-OH is 1. The molecule has 0 bridgehead atoms. The molecule has 1 aromatic heterocycles. The van der Waals surface area contributed by atoms with Gasteiger partial charge in [-0.05, 0) is 24.1 Å². The molecule has 2 aromatic rings. The summed E-state index contributed by atoms with van der Waals surface area (Å²) in [6.07, 6.45) is 3.40. The zero-order valence-electron chi connectivity index (χ0n) is 13.9. The summed E-state index contributed by atoms with van der Waals surface area (Å²) in [4.78, 5) is -0.546. The fourth-order valence-corrected chi connectivity index (χ4v) is 4.84. The van der Waals surface area contributed by atoms with E-state index in [1.807, 2.05) is 0 Å². The molecule has 0 unspecified atom stereocenters. The first kappa shape index (κ1) is 18.0. The Morgan fingerprint density at radius 1 is 1.28 bits per heavy atom. The minimum absolute atomic E-state index is 0.0571. The van der Waals surface area contributed by atoms with Crippen LogP contribution in [0.25, 0.3) is 0 Å². The molecule has 136 valence electrons. The number of hydrogen-bond acceptors (Lipinski definition) is 4. The Hall–Kier alpha value is -1.84. The summed E-state index contributed by atoms with van der Waals surface area (Å²) in [5.74, 6) is -2.46. The maximum Gasteiger partial charge on any atom is 0.246 e. The van der Waals surface area contributed by atoms with Crippen molar-refractivity contribution < 1.29 is 22.3 Å². The molecule has 1 aliphatic rings. The highest BCUT2D eigenvalue weighted by atomic mass is 32.2. The van der Waals surface area contributed by atoms with Gasteiger partial charge in [0, 0.05) is 50.8 Å². The molecule has 1 aromatic carbocycles. The lowest BCUT2D eigenvalue weighted by atomic mass is 9.92. The van der Waals surface area contributed by atoms with Crippen LogP contribution in [0, 0.1) is 24.5 Å². The van der Waals surface area contributed by atoms with E-state index < -0.39 is 26.6 Å². The highest BCUT2D eigenvalue weighted by Crippen LogP contribution is 2.36. The SMILES string of the molecule is Cc1cc(S(=O)(=O)N2C[C@@H](CO)[C@H](c3cnn(C)c3)C2)c(F)cc1F. The molecule has 2 heterocycles. The van der Waals surface area contributed by atoms with Crippen LogP contribution in [0.3, 0.4) is 0 Å². The number of rotatable bonds is 4. The Balaban J connectivity index is 1.95. The molecule has 0 aliphatic carbocycles. The first-order valence-corrected chi connectivity index (χ1v) is 9.23. The van der Waals surface area contributed by atoms with Gasteiger partial charge in [-0.3, -0.25) is 4.68 Å². The predicted octanol–water partition coefficient (Wildman–Crippen LogP) is 1.40. The molecule has 0 spiro atoms. The Morgan fingerprint density at radius 3 is 2.60 bits per heavy atom. The topological polar surface area (TPSA) is 75.4 Å². The van der Waals surface area contributed by atoms with Crippen molar-refractivity contribution in [3.63, 3.8) is 0 Å². The number of aromatic nitrogens is 2. The maximum absolute atomic E-state index is 14.1. The van der Waals surface area contributed by atoms with Crippen molar-refractivity contribution in [2.75, 3.05) is 19.7 Å². The average molecular weight is 371 g/mol. The van der Waals surface area contributed by atoms with E-state index in [0.717, 1.165) is 15.9 Å². The third-order valence-electron chi connectivity index (χ3n) is 4.63. The quantitative estimate of drug-likeness (QED) is 0.882. The highest BCUT2D eigenvalue weighted by molar-refractivity contribution is 7.89. The molecule has 0 radical (unpaired) electrons. The molecule has 6 nitrogen and oxygen atoms in total. The summed E-state index contributed by atoms with van der Waals surface area (Å²) >= 11 is 0. The second-order valence-electron chi connectivity index (χ2n) is 6.35. The third-order valence-corrected chi connectivity index (χ3v) is 6.47. The third kappa shape index (κ3) is 3.19. The summed E-state index contributed by atoms with van der Waals surface area (Å²) in [7, 11) is -2.38. The monoisotopic (exact) mass is 371 g/mol. The van der Waals surface area contributed by atoms with Gasteiger partial charge in [-0.2, -0.15) is 9.40 Å². The van der Waals surface area contributed by atoms with Gasteiger partial charge in [-0.15, -0.1) is 0 Å². The van der Waals surface area contributed by atoms with E-state index in [1.54, 1.807) is 24.1 Å². The zero-order valence-corrected chi connectivity index (χ0v) is 14.7. The van der Waals surface area contributed by atoms with Crippen molar-refractivity contribution in [1.29, 1.82) is 0 Å². The van der Waals surface area contributed by atoms with Crippen molar-refractivity contribution >= 4 is 10.0 Å². The van der Waals surface area contributed by atoms with Gasteiger partial charge in [0.05, 0.1) is 6.20 Å². The van der Waals surface area contributed by atoms with Gasteiger partial charge in [-0.1, -0.05) is 0 Å². The summed E-state index contributed by atoms with van der Waals surface area (Å²) < 4.78 is 55.9. The molecular formula is C16H19F2N3O3S. The number of halogens is 2. The van der Waals surface area contributed by atoms with E-state index in [1.165, 1.54) is 6.92 Å². The van der Waals surface area contributed by atoms with Crippen molar-refractivity contribution in [1.82, 2.24) is 14.1 Å². The van der Waals surface area contributed by atoms with Crippen LogP contribution < -0.4 is 0 Å². The number of sulfonamides is 1. The van der Waals surface area contributed by atoms with E-state index in [4.69, 9.17) is 0 Å². The van der Waals surface area contributed by atoms with Gasteiger partial charge in [0.25, 0.3) is 0 Å². The molecule has 1 aliphatic heterocycles. The minimum Gasteiger partial charge on any atom is -0.396 e. The molecular weight excluding hydrogens is 352 g/mol. The van der Waals surface area contributed by atoms with Crippen LogP contribution in [-0.4, -0.2) is 47.3 Å². The van der Waals surface area contributed by atoms with Gasteiger partial charge in [-0.25, -0.2) is 17.2 Å². The number of nitrogens with zero attached hydrogens (tertiary/aromatic N) is 3.